The molecule has 176 valence electrons. The lowest BCUT2D eigenvalue weighted by Crippen LogP contribution is -2.20. The zero-order valence-corrected chi connectivity index (χ0v) is 19.5. The zero-order valence-electron chi connectivity index (χ0n) is 19.5. The van der Waals surface area contributed by atoms with Crippen molar-refractivity contribution in [2.75, 3.05) is 5.73 Å². The molecule has 2 aliphatic carbocycles. The second-order valence-corrected chi connectivity index (χ2v) is 9.87. The summed E-state index contributed by atoms with van der Waals surface area (Å²) in [5, 5.41) is 5.13. The Morgan fingerprint density at radius 2 is 1.97 bits per heavy atom. The van der Waals surface area contributed by atoms with Crippen molar-refractivity contribution in [2.24, 2.45) is 0 Å². The lowest BCUT2D eigenvalue weighted by molar-refractivity contribution is 0.227. The molecule has 3 aliphatic rings. The van der Waals surface area contributed by atoms with Crippen LogP contribution in [0.2, 0.25) is 0 Å². The molecular formula is C28H26FN5O. The van der Waals surface area contributed by atoms with Gasteiger partial charge in [0.25, 0.3) is 0 Å². The Kier molecular flexibility index (Phi) is 4.50. The van der Waals surface area contributed by atoms with E-state index in [-0.39, 0.29) is 11.7 Å². The summed E-state index contributed by atoms with van der Waals surface area (Å²) in [6.45, 7) is 1.91. The van der Waals surface area contributed by atoms with Gasteiger partial charge in [0.05, 0.1) is 23.1 Å². The summed E-state index contributed by atoms with van der Waals surface area (Å²) >= 11 is 0. The van der Waals surface area contributed by atoms with Crippen LogP contribution in [0, 0.1) is 5.82 Å². The molecule has 1 fully saturated rings. The molecule has 6 nitrogen and oxygen atoms in total. The van der Waals surface area contributed by atoms with Gasteiger partial charge in [0.2, 0.25) is 0 Å². The highest BCUT2D eigenvalue weighted by Gasteiger charge is 2.37. The van der Waals surface area contributed by atoms with Gasteiger partial charge < -0.3 is 10.5 Å². The Labute approximate surface area is 203 Å². The van der Waals surface area contributed by atoms with Gasteiger partial charge in [-0.2, -0.15) is 5.10 Å². The molecule has 7 heteroatoms. The van der Waals surface area contributed by atoms with E-state index in [1.807, 2.05) is 37.5 Å². The Balaban J connectivity index is 1.55. The molecule has 1 unspecified atom stereocenters. The molecule has 4 aromatic rings. The Morgan fingerprint density at radius 1 is 1.09 bits per heavy atom. The summed E-state index contributed by atoms with van der Waals surface area (Å²) in [5.41, 5.74) is 14.4. The van der Waals surface area contributed by atoms with Gasteiger partial charge in [-0.1, -0.05) is 6.07 Å². The predicted molar refractivity (Wildman–Crippen MR) is 132 cm³/mol. The van der Waals surface area contributed by atoms with Crippen molar-refractivity contribution in [1.82, 2.24) is 19.7 Å². The molecule has 1 saturated carbocycles. The van der Waals surface area contributed by atoms with Crippen LogP contribution in [0.3, 0.4) is 0 Å². The number of nitrogen functional groups attached to an aromatic ring is 1. The van der Waals surface area contributed by atoms with Crippen molar-refractivity contribution >= 4 is 5.82 Å². The number of hydrogen-bond acceptors (Lipinski definition) is 5. The third-order valence-electron chi connectivity index (χ3n) is 7.84. The second-order valence-electron chi connectivity index (χ2n) is 9.87. The molecule has 1 aromatic carbocycles. The number of rotatable bonds is 1. The third-order valence-corrected chi connectivity index (χ3v) is 7.84. The smallest absolute Gasteiger partial charge is 0.166 e. The number of aryl methyl sites for hydroxylation is 1. The summed E-state index contributed by atoms with van der Waals surface area (Å²) in [7, 11) is 0. The van der Waals surface area contributed by atoms with Crippen LogP contribution in [0.15, 0.2) is 48.8 Å². The average Bonchev–Trinajstić information content (AvgIpc) is 3.38. The summed E-state index contributed by atoms with van der Waals surface area (Å²) in [6.07, 6.45) is 8.57. The summed E-state index contributed by atoms with van der Waals surface area (Å²) < 4.78 is 23.0. The summed E-state index contributed by atoms with van der Waals surface area (Å²) in [6, 6.07) is 11.4. The fourth-order valence-electron chi connectivity index (χ4n) is 5.91. The van der Waals surface area contributed by atoms with Crippen molar-refractivity contribution in [3.05, 3.63) is 77.0 Å². The zero-order chi connectivity index (χ0) is 23.7. The van der Waals surface area contributed by atoms with Gasteiger partial charge in [-0.05, 0) is 74.9 Å². The first-order valence-corrected chi connectivity index (χ1v) is 12.4. The maximum absolute atomic E-state index is 14.4. The van der Waals surface area contributed by atoms with Crippen molar-refractivity contribution in [3.8, 4) is 28.3 Å². The largest absolute Gasteiger partial charge is 0.482 e. The topological polar surface area (TPSA) is 78.9 Å². The molecule has 2 N–H and O–H groups in total. The molecule has 2 bridgehead atoms. The van der Waals surface area contributed by atoms with Crippen molar-refractivity contribution in [1.29, 1.82) is 0 Å². The maximum atomic E-state index is 14.4. The minimum Gasteiger partial charge on any atom is -0.482 e. The molecule has 0 amide bonds. The Morgan fingerprint density at radius 3 is 2.80 bits per heavy atom. The molecule has 2 atom stereocenters. The van der Waals surface area contributed by atoms with Crippen LogP contribution in [0.25, 0.3) is 22.5 Å². The maximum Gasteiger partial charge on any atom is 0.166 e. The van der Waals surface area contributed by atoms with Crippen molar-refractivity contribution in [3.63, 3.8) is 0 Å². The molecule has 0 radical (unpaired) electrons. The average molecular weight is 468 g/mol. The standard InChI is InChI=1S/C28H26FN5O/c1-15-22-13-17(29)7-8-21(22)26-20(6-3-11-31-26)19-9-10-23-25(19)27(34(33-23)18-4-2-5-18)16-12-24(35-15)28(30)32-14-16/h3,6-8,11-15,18-19H,2,4-5,9-10H2,1H3,(H2,30,32)/t15-,19?/m1/s1. The van der Waals surface area contributed by atoms with Crippen LogP contribution in [0.5, 0.6) is 5.75 Å². The van der Waals surface area contributed by atoms with Gasteiger partial charge in [-0.25, -0.2) is 9.37 Å². The van der Waals surface area contributed by atoms with Gasteiger partial charge in [0, 0.05) is 40.6 Å². The van der Waals surface area contributed by atoms with Gasteiger partial charge in [-0.15, -0.1) is 0 Å². The molecule has 1 aliphatic heterocycles. The Bertz CT molecular complexity index is 1470. The third kappa shape index (κ3) is 3.10. The lowest BCUT2D eigenvalue weighted by atomic mass is 9.86. The highest BCUT2D eigenvalue weighted by Crippen LogP contribution is 2.49. The molecule has 7 rings (SSSR count). The quantitative estimate of drug-likeness (QED) is 0.372. The van der Waals surface area contributed by atoms with Crippen LogP contribution in [0.4, 0.5) is 10.2 Å². The van der Waals surface area contributed by atoms with E-state index in [2.05, 4.69) is 15.7 Å². The van der Waals surface area contributed by atoms with Crippen molar-refractivity contribution in [2.45, 2.75) is 57.1 Å². The number of aromatic nitrogens is 4. The first-order chi connectivity index (χ1) is 17.1. The van der Waals surface area contributed by atoms with Crippen LogP contribution >= 0.6 is 0 Å². The Hall–Kier alpha value is -3.74. The fourth-order valence-corrected chi connectivity index (χ4v) is 5.91. The molecule has 0 saturated heterocycles. The first kappa shape index (κ1) is 20.6. The van der Waals surface area contributed by atoms with Gasteiger partial charge in [0.15, 0.2) is 11.6 Å². The number of fused-ring (bicyclic) bond motifs is 7. The number of nitrogens with two attached hydrogens (primary N) is 1. The highest BCUT2D eigenvalue weighted by molar-refractivity contribution is 5.74. The monoisotopic (exact) mass is 467 g/mol. The minimum absolute atomic E-state index is 0.145. The molecular weight excluding hydrogens is 441 g/mol. The second kappa shape index (κ2) is 7.63. The molecule has 35 heavy (non-hydrogen) atoms. The van der Waals surface area contributed by atoms with Crippen LogP contribution < -0.4 is 10.5 Å². The van der Waals surface area contributed by atoms with E-state index in [0.717, 1.165) is 65.0 Å². The van der Waals surface area contributed by atoms with E-state index in [1.165, 1.54) is 24.1 Å². The molecule has 0 spiro atoms. The lowest BCUT2D eigenvalue weighted by Gasteiger charge is -2.29. The van der Waals surface area contributed by atoms with Crippen LogP contribution in [-0.2, 0) is 6.42 Å². The number of hydrogen-bond donors (Lipinski definition) is 1. The number of pyridine rings is 2. The molecule has 3 aromatic heterocycles. The van der Waals surface area contributed by atoms with E-state index in [0.29, 0.717) is 17.6 Å². The normalized spacial score (nSPS) is 20.5. The SMILES string of the molecule is C[C@H]1Oc2cc(cnc2N)-c2c3c(nn2C2CCC2)CCC3c2cccnc2-c2ccc(F)cc21. The van der Waals surface area contributed by atoms with Gasteiger partial charge >= 0.3 is 0 Å². The van der Waals surface area contributed by atoms with E-state index in [1.54, 1.807) is 0 Å². The van der Waals surface area contributed by atoms with E-state index in [4.69, 9.17) is 20.6 Å². The minimum atomic E-state index is -0.454. The highest BCUT2D eigenvalue weighted by atomic mass is 19.1. The summed E-state index contributed by atoms with van der Waals surface area (Å²) in [5.74, 6) is 0.650. The van der Waals surface area contributed by atoms with Crippen LogP contribution in [0.1, 0.15) is 73.1 Å². The van der Waals surface area contributed by atoms with Gasteiger partial charge in [0.1, 0.15) is 11.9 Å². The number of anilines is 1. The van der Waals surface area contributed by atoms with E-state index in [9.17, 15) is 4.39 Å². The van der Waals surface area contributed by atoms with E-state index < -0.39 is 6.10 Å². The van der Waals surface area contributed by atoms with E-state index >= 15 is 0 Å². The summed E-state index contributed by atoms with van der Waals surface area (Å²) in [4.78, 5) is 9.32. The van der Waals surface area contributed by atoms with Crippen LogP contribution in [-0.4, -0.2) is 19.7 Å². The first-order valence-electron chi connectivity index (χ1n) is 12.4. The number of ether oxygens (including phenoxy) is 1. The number of benzene rings is 1. The van der Waals surface area contributed by atoms with Gasteiger partial charge in [-0.3, -0.25) is 9.67 Å². The number of nitrogens with zero attached hydrogens (tertiary/aromatic N) is 4. The fraction of sp³-hybridized carbons (Fsp3) is 0.321. The predicted octanol–water partition coefficient (Wildman–Crippen LogP) is 5.98. The number of halogens is 1. The van der Waals surface area contributed by atoms with Crippen molar-refractivity contribution < 1.29 is 9.13 Å². The molecule has 4 heterocycles.